The van der Waals surface area contributed by atoms with Crippen molar-refractivity contribution in [3.05, 3.63) is 76.2 Å². The molecule has 1 saturated heterocycles. The summed E-state index contributed by atoms with van der Waals surface area (Å²) < 4.78 is 41.7. The Kier molecular flexibility index (Phi) is 7.42. The maximum Gasteiger partial charge on any atom is 0.244 e. The van der Waals surface area contributed by atoms with Crippen molar-refractivity contribution in [3.8, 4) is 11.4 Å². The van der Waals surface area contributed by atoms with Gasteiger partial charge in [-0.25, -0.2) is 18.1 Å². The van der Waals surface area contributed by atoms with Gasteiger partial charge in [0.1, 0.15) is 22.8 Å². The van der Waals surface area contributed by atoms with E-state index in [0.29, 0.717) is 35.0 Å². The average Bonchev–Trinajstić information content (AvgIpc) is 3.56. The number of rotatable bonds is 8. The first-order chi connectivity index (χ1) is 17.8. The van der Waals surface area contributed by atoms with Crippen molar-refractivity contribution in [2.24, 2.45) is 0 Å². The zero-order valence-corrected chi connectivity index (χ0v) is 22.7. The monoisotopic (exact) mass is 560 g/mol. The number of methoxy groups -OCH3 is 1. The quantitative estimate of drug-likeness (QED) is 0.286. The molecule has 0 bridgehead atoms. The Balaban J connectivity index is 1.48. The molecule has 0 amide bonds. The highest BCUT2D eigenvalue weighted by Crippen LogP contribution is 2.37. The highest BCUT2D eigenvalue weighted by atomic mass is 35.5. The van der Waals surface area contributed by atoms with Gasteiger partial charge in [0, 0.05) is 53.8 Å². The zero-order chi connectivity index (χ0) is 26.2. The first-order valence-corrected chi connectivity index (χ1v) is 14.0. The summed E-state index contributed by atoms with van der Waals surface area (Å²) in [7, 11) is -2.28. The first kappa shape index (κ1) is 25.9. The second-order valence-corrected chi connectivity index (χ2v) is 11.5. The molecule has 0 aliphatic carbocycles. The molecule has 1 unspecified atom stereocenters. The maximum atomic E-state index is 13.5. The molecular weight excluding hydrogens is 535 g/mol. The lowest BCUT2D eigenvalue weighted by Gasteiger charge is -2.24. The van der Waals surface area contributed by atoms with Gasteiger partial charge in [-0.1, -0.05) is 35.3 Å². The average molecular weight is 561 g/mol. The number of pyridine rings is 1. The van der Waals surface area contributed by atoms with Crippen LogP contribution in [-0.2, 0) is 21.4 Å². The number of halogens is 2. The molecule has 194 valence electrons. The van der Waals surface area contributed by atoms with E-state index in [9.17, 15) is 8.42 Å². The van der Waals surface area contributed by atoms with Gasteiger partial charge in [-0.3, -0.25) is 0 Å². The van der Waals surface area contributed by atoms with Crippen molar-refractivity contribution in [2.45, 2.75) is 37.3 Å². The van der Waals surface area contributed by atoms with E-state index in [1.165, 1.54) is 10.4 Å². The molecule has 2 aromatic carbocycles. The third-order valence-electron chi connectivity index (χ3n) is 6.45. The molecule has 8 nitrogen and oxygen atoms in total. The largest absolute Gasteiger partial charge is 0.487 e. The van der Waals surface area contributed by atoms with E-state index in [1.807, 2.05) is 43.5 Å². The van der Waals surface area contributed by atoms with Crippen LogP contribution in [0.4, 0.5) is 0 Å². The lowest BCUT2D eigenvalue weighted by molar-refractivity contribution is 0.149. The predicted octanol–water partition coefficient (Wildman–Crippen LogP) is 5.41. The molecule has 4 aromatic rings. The van der Waals surface area contributed by atoms with E-state index in [1.54, 1.807) is 24.1 Å². The molecule has 0 N–H and O–H groups in total. The van der Waals surface area contributed by atoms with Crippen LogP contribution < -0.4 is 4.74 Å². The van der Waals surface area contributed by atoms with Crippen LogP contribution in [0.25, 0.3) is 16.6 Å². The van der Waals surface area contributed by atoms with Crippen molar-refractivity contribution in [1.82, 2.24) is 19.1 Å². The fourth-order valence-electron chi connectivity index (χ4n) is 4.71. The summed E-state index contributed by atoms with van der Waals surface area (Å²) in [5, 5.41) is 5.58. The molecule has 1 fully saturated rings. The van der Waals surface area contributed by atoms with Gasteiger partial charge in [-0.05, 0) is 50.1 Å². The summed E-state index contributed by atoms with van der Waals surface area (Å²) in [4.78, 5) is 4.70. The van der Waals surface area contributed by atoms with Crippen molar-refractivity contribution < 1.29 is 17.9 Å². The predicted molar refractivity (Wildman–Crippen MR) is 143 cm³/mol. The summed E-state index contributed by atoms with van der Waals surface area (Å²) >= 11 is 13.1. The molecule has 0 radical (unpaired) electrons. The standard InChI is InChI=1S/C26H26Cl2N4O4S/c1-17-14-22(31-12-5-11-29-31)19-7-3-8-23(26(19)30-17)36-16-20-21(27)9-10-24(25(20)28)37(33,34)32-13-4-6-18(32)15-35-2/h3,5,7-12,14,18H,4,6,13,15-16H2,1-2H3. The van der Waals surface area contributed by atoms with Crippen LogP contribution >= 0.6 is 23.2 Å². The highest BCUT2D eigenvalue weighted by molar-refractivity contribution is 7.89. The van der Waals surface area contributed by atoms with Gasteiger partial charge in [-0.2, -0.15) is 9.40 Å². The fraction of sp³-hybridized carbons (Fsp3) is 0.308. The number of para-hydroxylation sites is 1. The summed E-state index contributed by atoms with van der Waals surface area (Å²) in [6.07, 6.45) is 5.09. The van der Waals surface area contributed by atoms with Gasteiger partial charge in [0.05, 0.1) is 17.3 Å². The van der Waals surface area contributed by atoms with Crippen LogP contribution in [0.1, 0.15) is 24.1 Å². The van der Waals surface area contributed by atoms with Crippen LogP contribution in [0.3, 0.4) is 0 Å². The lowest BCUT2D eigenvalue weighted by atomic mass is 10.1. The number of benzene rings is 2. The smallest absolute Gasteiger partial charge is 0.244 e. The topological polar surface area (TPSA) is 86.5 Å². The Bertz CT molecular complexity index is 1540. The van der Waals surface area contributed by atoms with Gasteiger partial charge < -0.3 is 9.47 Å². The van der Waals surface area contributed by atoms with Gasteiger partial charge in [0.25, 0.3) is 0 Å². The number of hydrogen-bond acceptors (Lipinski definition) is 6. The minimum absolute atomic E-state index is 0.00743. The third kappa shape index (κ3) is 4.94. The number of sulfonamides is 1. The van der Waals surface area contributed by atoms with Gasteiger partial charge in [0.2, 0.25) is 10.0 Å². The summed E-state index contributed by atoms with van der Waals surface area (Å²) in [5.74, 6) is 0.523. The van der Waals surface area contributed by atoms with E-state index in [2.05, 4.69) is 5.10 Å². The molecule has 0 saturated carbocycles. The first-order valence-electron chi connectivity index (χ1n) is 11.8. The maximum absolute atomic E-state index is 13.5. The van der Waals surface area contributed by atoms with Crippen molar-refractivity contribution >= 4 is 44.1 Å². The fourth-order valence-corrected chi connectivity index (χ4v) is 7.26. The normalized spacial score (nSPS) is 16.5. The summed E-state index contributed by atoms with van der Waals surface area (Å²) in [5.41, 5.74) is 2.72. The van der Waals surface area contributed by atoms with Gasteiger partial charge in [-0.15, -0.1) is 0 Å². The second-order valence-electron chi connectivity index (χ2n) is 8.88. The Labute approximate surface area is 225 Å². The third-order valence-corrected chi connectivity index (χ3v) is 9.34. The van der Waals surface area contributed by atoms with Crippen LogP contribution in [-0.4, -0.2) is 53.8 Å². The van der Waals surface area contributed by atoms with Crippen molar-refractivity contribution in [3.63, 3.8) is 0 Å². The minimum Gasteiger partial charge on any atom is -0.487 e. The second kappa shape index (κ2) is 10.6. The number of ether oxygens (including phenoxy) is 2. The molecule has 11 heteroatoms. The van der Waals surface area contributed by atoms with E-state index >= 15 is 0 Å². The number of nitrogens with zero attached hydrogens (tertiary/aromatic N) is 4. The van der Waals surface area contributed by atoms with Gasteiger partial charge in [0.15, 0.2) is 0 Å². The van der Waals surface area contributed by atoms with E-state index in [-0.39, 0.29) is 22.6 Å². The van der Waals surface area contributed by atoms with E-state index < -0.39 is 10.0 Å². The molecular formula is C26H26Cl2N4O4S. The molecule has 1 aliphatic heterocycles. The Morgan fingerprint density at radius 3 is 2.76 bits per heavy atom. The minimum atomic E-state index is -3.85. The number of hydrogen-bond donors (Lipinski definition) is 0. The summed E-state index contributed by atoms with van der Waals surface area (Å²) in [6, 6.07) is 12.2. The molecule has 5 rings (SSSR count). The SMILES string of the molecule is COCC1CCCN1S(=O)(=O)c1ccc(Cl)c(COc2cccc3c(-n4cccn4)cc(C)nc23)c1Cl. The lowest BCUT2D eigenvalue weighted by Crippen LogP contribution is -2.38. The van der Waals surface area contributed by atoms with Crippen LogP contribution in [0.2, 0.25) is 10.0 Å². The Morgan fingerprint density at radius 2 is 2.00 bits per heavy atom. The molecule has 2 aromatic heterocycles. The Morgan fingerprint density at radius 1 is 1.16 bits per heavy atom. The van der Waals surface area contributed by atoms with Crippen LogP contribution in [0, 0.1) is 6.92 Å². The Hall–Kier alpha value is -2.69. The number of fused-ring (bicyclic) bond motifs is 1. The number of aryl methyl sites for hydroxylation is 1. The van der Waals surface area contributed by atoms with E-state index in [0.717, 1.165) is 29.6 Å². The van der Waals surface area contributed by atoms with Crippen LogP contribution in [0.5, 0.6) is 5.75 Å². The van der Waals surface area contributed by atoms with E-state index in [4.69, 9.17) is 37.7 Å². The van der Waals surface area contributed by atoms with Gasteiger partial charge >= 0.3 is 0 Å². The summed E-state index contributed by atoms with van der Waals surface area (Å²) in [6.45, 7) is 2.62. The molecule has 0 spiro atoms. The van der Waals surface area contributed by atoms with Crippen LogP contribution in [0.15, 0.2) is 59.8 Å². The molecule has 3 heterocycles. The molecule has 37 heavy (non-hydrogen) atoms. The molecule has 1 aliphatic rings. The van der Waals surface area contributed by atoms with Crippen molar-refractivity contribution in [1.29, 1.82) is 0 Å². The molecule has 1 atom stereocenters. The van der Waals surface area contributed by atoms with Crippen molar-refractivity contribution in [2.75, 3.05) is 20.3 Å². The number of aromatic nitrogens is 3. The highest BCUT2D eigenvalue weighted by Gasteiger charge is 2.37. The zero-order valence-electron chi connectivity index (χ0n) is 20.4.